The average molecular weight is 296 g/mol. The number of H-pyrrole nitrogens is 1. The second kappa shape index (κ2) is 6.04. The summed E-state index contributed by atoms with van der Waals surface area (Å²) in [6, 6.07) is 5.49. The number of carbonyl (C=O) groups excluding carboxylic acids is 1. The summed E-state index contributed by atoms with van der Waals surface area (Å²) in [7, 11) is 0. The van der Waals surface area contributed by atoms with E-state index in [1.165, 1.54) is 17.4 Å². The zero-order chi connectivity index (χ0) is 13.8. The van der Waals surface area contributed by atoms with Gasteiger partial charge in [0.15, 0.2) is 5.82 Å². The van der Waals surface area contributed by atoms with Crippen LogP contribution in [0.2, 0.25) is 4.34 Å². The number of aromatic nitrogens is 2. The van der Waals surface area contributed by atoms with Crippen LogP contribution in [0.4, 0.5) is 5.82 Å². The number of thiophene rings is 1. The van der Waals surface area contributed by atoms with Gasteiger partial charge in [-0.2, -0.15) is 5.10 Å². The molecule has 0 atom stereocenters. The SMILES string of the molecule is CC(C)c1cc(NC(=O)/C=C/c2ccc(Cl)s2)n[nH]1. The smallest absolute Gasteiger partial charge is 0.249 e. The predicted molar refractivity (Wildman–Crippen MR) is 79.7 cm³/mol. The first-order valence-corrected chi connectivity index (χ1v) is 7.04. The van der Waals surface area contributed by atoms with E-state index in [2.05, 4.69) is 29.4 Å². The van der Waals surface area contributed by atoms with Gasteiger partial charge < -0.3 is 5.32 Å². The summed E-state index contributed by atoms with van der Waals surface area (Å²) in [4.78, 5) is 12.6. The Kier molecular flexibility index (Phi) is 4.39. The normalized spacial score (nSPS) is 11.4. The van der Waals surface area contributed by atoms with E-state index in [0.29, 0.717) is 16.1 Å². The van der Waals surface area contributed by atoms with Gasteiger partial charge in [-0.15, -0.1) is 11.3 Å². The Morgan fingerprint density at radius 2 is 2.32 bits per heavy atom. The number of hydrogen-bond donors (Lipinski definition) is 2. The number of halogens is 1. The molecule has 0 bridgehead atoms. The summed E-state index contributed by atoms with van der Waals surface area (Å²) in [5, 5.41) is 9.61. The molecule has 0 saturated carbocycles. The molecule has 2 aromatic heterocycles. The number of hydrogen-bond acceptors (Lipinski definition) is 3. The molecular formula is C13H14ClN3OS. The van der Waals surface area contributed by atoms with Crippen molar-refractivity contribution < 1.29 is 4.79 Å². The maximum atomic E-state index is 11.7. The number of nitrogens with one attached hydrogen (secondary N) is 2. The second-order valence-corrected chi connectivity index (χ2v) is 6.07. The van der Waals surface area contributed by atoms with Gasteiger partial charge in [-0.3, -0.25) is 9.89 Å². The van der Waals surface area contributed by atoms with Gasteiger partial charge in [0.25, 0.3) is 0 Å². The molecule has 0 aromatic carbocycles. The summed E-state index contributed by atoms with van der Waals surface area (Å²) < 4.78 is 0.703. The van der Waals surface area contributed by atoms with Gasteiger partial charge in [0.2, 0.25) is 5.91 Å². The zero-order valence-electron chi connectivity index (χ0n) is 10.6. The molecule has 0 saturated heterocycles. The largest absolute Gasteiger partial charge is 0.306 e. The van der Waals surface area contributed by atoms with Gasteiger partial charge >= 0.3 is 0 Å². The summed E-state index contributed by atoms with van der Waals surface area (Å²) in [6.07, 6.45) is 3.19. The number of rotatable bonds is 4. The van der Waals surface area contributed by atoms with Crippen LogP contribution in [0.25, 0.3) is 6.08 Å². The fourth-order valence-electron chi connectivity index (χ4n) is 1.44. The van der Waals surface area contributed by atoms with Gasteiger partial charge in [-0.1, -0.05) is 25.4 Å². The summed E-state index contributed by atoms with van der Waals surface area (Å²) >= 11 is 7.23. The van der Waals surface area contributed by atoms with Crippen molar-refractivity contribution in [3.63, 3.8) is 0 Å². The highest BCUT2D eigenvalue weighted by Gasteiger charge is 2.06. The van der Waals surface area contributed by atoms with E-state index >= 15 is 0 Å². The van der Waals surface area contributed by atoms with Crippen LogP contribution in [0, 0.1) is 0 Å². The zero-order valence-corrected chi connectivity index (χ0v) is 12.2. The molecule has 0 unspecified atom stereocenters. The summed E-state index contributed by atoms with van der Waals surface area (Å²) in [5.74, 6) is 0.663. The molecule has 19 heavy (non-hydrogen) atoms. The molecular weight excluding hydrogens is 282 g/mol. The van der Waals surface area contributed by atoms with E-state index in [1.54, 1.807) is 12.1 Å². The first kappa shape index (κ1) is 13.8. The third-order valence-corrected chi connectivity index (χ3v) is 3.66. The molecule has 0 spiro atoms. The Bertz CT molecular complexity index is 601. The van der Waals surface area contributed by atoms with Gasteiger partial charge in [0.1, 0.15) is 0 Å². The Balaban J connectivity index is 1.95. The van der Waals surface area contributed by atoms with Crippen LogP contribution in [-0.2, 0) is 4.79 Å². The van der Waals surface area contributed by atoms with Crippen molar-refractivity contribution in [2.24, 2.45) is 0 Å². The number of carbonyl (C=O) groups is 1. The van der Waals surface area contributed by atoms with Crippen molar-refractivity contribution in [1.82, 2.24) is 10.2 Å². The molecule has 0 aliphatic carbocycles. The highest BCUT2D eigenvalue weighted by Crippen LogP contribution is 2.22. The van der Waals surface area contributed by atoms with Crippen LogP contribution in [0.3, 0.4) is 0 Å². The molecule has 6 heteroatoms. The van der Waals surface area contributed by atoms with Gasteiger partial charge in [0.05, 0.1) is 4.34 Å². The lowest BCUT2D eigenvalue weighted by Crippen LogP contribution is -2.07. The highest BCUT2D eigenvalue weighted by molar-refractivity contribution is 7.17. The molecule has 2 rings (SSSR count). The third-order valence-electron chi connectivity index (χ3n) is 2.46. The maximum Gasteiger partial charge on any atom is 0.249 e. The molecule has 0 aliphatic heterocycles. The van der Waals surface area contributed by atoms with Crippen molar-refractivity contribution in [2.45, 2.75) is 19.8 Å². The second-order valence-electron chi connectivity index (χ2n) is 4.33. The average Bonchev–Trinajstić information content (AvgIpc) is 2.96. The molecule has 0 radical (unpaired) electrons. The molecule has 1 amide bonds. The molecule has 0 aliphatic rings. The third kappa shape index (κ3) is 3.94. The summed E-state index contributed by atoms with van der Waals surface area (Å²) in [6.45, 7) is 4.11. The van der Waals surface area contributed by atoms with E-state index in [-0.39, 0.29) is 5.91 Å². The van der Waals surface area contributed by atoms with E-state index in [1.807, 2.05) is 12.1 Å². The fraction of sp³-hybridized carbons (Fsp3) is 0.231. The van der Waals surface area contributed by atoms with Crippen molar-refractivity contribution in [2.75, 3.05) is 5.32 Å². The van der Waals surface area contributed by atoms with Crippen LogP contribution < -0.4 is 5.32 Å². The van der Waals surface area contributed by atoms with E-state index in [4.69, 9.17) is 11.6 Å². The number of aromatic amines is 1. The Morgan fingerprint density at radius 1 is 1.53 bits per heavy atom. The maximum absolute atomic E-state index is 11.7. The van der Waals surface area contributed by atoms with Crippen LogP contribution in [0.1, 0.15) is 30.3 Å². The van der Waals surface area contributed by atoms with Crippen LogP contribution >= 0.6 is 22.9 Å². The van der Waals surface area contributed by atoms with Crippen LogP contribution in [0.15, 0.2) is 24.3 Å². The molecule has 100 valence electrons. The molecule has 0 fully saturated rings. The van der Waals surface area contributed by atoms with Crippen molar-refractivity contribution in [1.29, 1.82) is 0 Å². The van der Waals surface area contributed by atoms with Gasteiger partial charge in [-0.25, -0.2) is 0 Å². The lowest BCUT2D eigenvalue weighted by Gasteiger charge is -1.97. The molecule has 2 heterocycles. The Morgan fingerprint density at radius 3 is 2.89 bits per heavy atom. The van der Waals surface area contributed by atoms with Crippen LogP contribution in [-0.4, -0.2) is 16.1 Å². The van der Waals surface area contributed by atoms with Gasteiger partial charge in [0, 0.05) is 22.7 Å². The first-order chi connectivity index (χ1) is 9.04. The fourth-order valence-corrected chi connectivity index (χ4v) is 2.40. The minimum Gasteiger partial charge on any atom is -0.306 e. The quantitative estimate of drug-likeness (QED) is 0.841. The monoisotopic (exact) mass is 295 g/mol. The van der Waals surface area contributed by atoms with E-state index < -0.39 is 0 Å². The predicted octanol–water partition coefficient (Wildman–Crippen LogP) is 3.90. The lowest BCUT2D eigenvalue weighted by molar-refractivity contribution is -0.111. The molecule has 2 aromatic rings. The van der Waals surface area contributed by atoms with Crippen LogP contribution in [0.5, 0.6) is 0 Å². The highest BCUT2D eigenvalue weighted by atomic mass is 35.5. The summed E-state index contributed by atoms with van der Waals surface area (Å²) in [5.41, 5.74) is 0.990. The number of anilines is 1. The van der Waals surface area contributed by atoms with Gasteiger partial charge in [-0.05, 0) is 24.1 Å². The van der Waals surface area contributed by atoms with Crippen molar-refractivity contribution >= 4 is 40.7 Å². The minimum atomic E-state index is -0.216. The van der Waals surface area contributed by atoms with Crippen molar-refractivity contribution in [3.8, 4) is 0 Å². The standard InChI is InChI=1S/C13H14ClN3OS/c1-8(2)10-7-12(17-16-10)15-13(18)6-4-9-3-5-11(14)19-9/h3-8H,1-2H3,(H2,15,16,17,18)/b6-4+. The Hall–Kier alpha value is -1.59. The first-order valence-electron chi connectivity index (χ1n) is 5.84. The molecule has 2 N–H and O–H groups in total. The lowest BCUT2D eigenvalue weighted by atomic mass is 10.1. The van der Waals surface area contributed by atoms with E-state index in [0.717, 1.165) is 10.6 Å². The minimum absolute atomic E-state index is 0.216. The topological polar surface area (TPSA) is 57.8 Å². The molecule has 4 nitrogen and oxygen atoms in total. The van der Waals surface area contributed by atoms with Crippen molar-refractivity contribution in [3.05, 3.63) is 39.2 Å². The number of amides is 1. The number of nitrogens with zero attached hydrogens (tertiary/aromatic N) is 1. The Labute approximate surface area is 120 Å². The van der Waals surface area contributed by atoms with E-state index in [9.17, 15) is 4.79 Å².